The third kappa shape index (κ3) is 3.59. The Morgan fingerprint density at radius 1 is 1.15 bits per heavy atom. The number of benzene rings is 2. The number of aryl methyl sites for hydroxylation is 1. The molecular formula is C15H17BFNO2. The normalized spacial score (nSPS) is 10.4. The third-order valence-corrected chi connectivity index (χ3v) is 3.14. The van der Waals surface area contributed by atoms with Crippen LogP contribution in [0.15, 0.2) is 42.5 Å². The first-order valence-corrected chi connectivity index (χ1v) is 6.39. The third-order valence-electron chi connectivity index (χ3n) is 3.14. The molecule has 2 aromatic rings. The van der Waals surface area contributed by atoms with Gasteiger partial charge in [-0.2, -0.15) is 0 Å². The number of anilines is 1. The molecule has 0 radical (unpaired) electrons. The van der Waals surface area contributed by atoms with Crippen LogP contribution in [0.3, 0.4) is 0 Å². The molecule has 104 valence electrons. The van der Waals surface area contributed by atoms with Gasteiger partial charge in [0.1, 0.15) is 5.82 Å². The zero-order valence-electron chi connectivity index (χ0n) is 11.5. The highest BCUT2D eigenvalue weighted by Crippen LogP contribution is 2.17. The van der Waals surface area contributed by atoms with Crippen molar-refractivity contribution in [1.82, 2.24) is 0 Å². The Morgan fingerprint density at radius 2 is 1.90 bits per heavy atom. The minimum Gasteiger partial charge on any atom is -0.423 e. The Kier molecular flexibility index (Phi) is 4.42. The van der Waals surface area contributed by atoms with Crippen molar-refractivity contribution in [2.45, 2.75) is 13.5 Å². The van der Waals surface area contributed by atoms with Gasteiger partial charge in [0.2, 0.25) is 0 Å². The van der Waals surface area contributed by atoms with Crippen LogP contribution in [-0.2, 0) is 6.54 Å². The first-order chi connectivity index (χ1) is 9.45. The van der Waals surface area contributed by atoms with Crippen molar-refractivity contribution >= 4 is 18.3 Å². The number of hydrogen-bond donors (Lipinski definition) is 2. The van der Waals surface area contributed by atoms with Crippen molar-refractivity contribution in [3.8, 4) is 0 Å². The lowest BCUT2D eigenvalue weighted by molar-refractivity contribution is 0.425. The Balaban J connectivity index is 2.21. The van der Waals surface area contributed by atoms with E-state index in [1.807, 2.05) is 43.1 Å². The molecule has 0 aromatic heterocycles. The fraction of sp³-hybridized carbons (Fsp3) is 0.200. The predicted octanol–water partition coefficient (Wildman–Crippen LogP) is 1.45. The molecule has 0 saturated heterocycles. The first kappa shape index (κ1) is 14.6. The largest absolute Gasteiger partial charge is 0.488 e. The highest BCUT2D eigenvalue weighted by Gasteiger charge is 2.14. The maximum atomic E-state index is 13.5. The second kappa shape index (κ2) is 6.07. The maximum absolute atomic E-state index is 13.5. The molecule has 0 unspecified atom stereocenters. The molecule has 0 bridgehead atoms. The van der Waals surface area contributed by atoms with Crippen LogP contribution >= 0.6 is 0 Å². The quantitative estimate of drug-likeness (QED) is 0.829. The SMILES string of the molecule is Cc1cccc(N(C)Cc2cc(F)cc(B(O)O)c2)c1. The smallest absolute Gasteiger partial charge is 0.423 e. The van der Waals surface area contributed by atoms with Gasteiger partial charge in [0.25, 0.3) is 0 Å². The Bertz CT molecular complexity index is 604. The fourth-order valence-electron chi connectivity index (χ4n) is 2.15. The van der Waals surface area contributed by atoms with E-state index in [1.165, 1.54) is 6.07 Å². The highest BCUT2D eigenvalue weighted by molar-refractivity contribution is 6.58. The molecule has 2 N–H and O–H groups in total. The second-order valence-corrected chi connectivity index (χ2v) is 4.96. The first-order valence-electron chi connectivity index (χ1n) is 6.39. The molecule has 2 aromatic carbocycles. The number of nitrogens with zero attached hydrogens (tertiary/aromatic N) is 1. The van der Waals surface area contributed by atoms with Crippen molar-refractivity contribution in [1.29, 1.82) is 0 Å². The van der Waals surface area contributed by atoms with Gasteiger partial charge in [-0.05, 0) is 47.8 Å². The topological polar surface area (TPSA) is 43.7 Å². The summed E-state index contributed by atoms with van der Waals surface area (Å²) in [6.45, 7) is 2.50. The van der Waals surface area contributed by atoms with E-state index >= 15 is 0 Å². The number of rotatable bonds is 4. The lowest BCUT2D eigenvalue weighted by Gasteiger charge is -2.20. The van der Waals surface area contributed by atoms with Gasteiger partial charge in [0, 0.05) is 19.3 Å². The molecule has 0 fully saturated rings. The van der Waals surface area contributed by atoms with Crippen LogP contribution in [0.1, 0.15) is 11.1 Å². The average molecular weight is 273 g/mol. The van der Waals surface area contributed by atoms with Gasteiger partial charge >= 0.3 is 7.12 Å². The molecule has 5 heteroatoms. The van der Waals surface area contributed by atoms with E-state index in [4.69, 9.17) is 10.0 Å². The summed E-state index contributed by atoms with van der Waals surface area (Å²) in [5.41, 5.74) is 3.04. The molecule has 0 aliphatic rings. The van der Waals surface area contributed by atoms with E-state index in [-0.39, 0.29) is 5.46 Å². The van der Waals surface area contributed by atoms with Crippen molar-refractivity contribution in [2.24, 2.45) is 0 Å². The summed E-state index contributed by atoms with van der Waals surface area (Å²) in [6.07, 6.45) is 0. The van der Waals surface area contributed by atoms with Crippen LogP contribution in [0, 0.1) is 12.7 Å². The summed E-state index contributed by atoms with van der Waals surface area (Å²) in [5, 5.41) is 18.3. The van der Waals surface area contributed by atoms with Gasteiger partial charge in [0.15, 0.2) is 0 Å². The highest BCUT2D eigenvalue weighted by atomic mass is 19.1. The van der Waals surface area contributed by atoms with Crippen LogP contribution in [0.4, 0.5) is 10.1 Å². The molecule has 20 heavy (non-hydrogen) atoms. The summed E-state index contributed by atoms with van der Waals surface area (Å²) in [7, 11) is 0.253. The molecule has 0 heterocycles. The number of hydrogen-bond acceptors (Lipinski definition) is 3. The standard InChI is InChI=1S/C15H17BFNO2/c1-11-4-3-5-15(6-11)18(2)10-12-7-13(16(19)20)9-14(17)8-12/h3-9,19-20H,10H2,1-2H3. The zero-order chi connectivity index (χ0) is 14.7. The Morgan fingerprint density at radius 3 is 2.55 bits per heavy atom. The van der Waals surface area contributed by atoms with Crippen molar-refractivity contribution in [3.05, 3.63) is 59.4 Å². The van der Waals surface area contributed by atoms with Crippen LogP contribution in [0.2, 0.25) is 0 Å². The fourth-order valence-corrected chi connectivity index (χ4v) is 2.15. The molecule has 3 nitrogen and oxygen atoms in total. The van der Waals surface area contributed by atoms with Gasteiger partial charge in [-0.25, -0.2) is 4.39 Å². The lowest BCUT2D eigenvalue weighted by Crippen LogP contribution is -2.31. The molecular weight excluding hydrogens is 256 g/mol. The maximum Gasteiger partial charge on any atom is 0.488 e. The van der Waals surface area contributed by atoms with E-state index in [1.54, 1.807) is 6.07 Å². The van der Waals surface area contributed by atoms with E-state index < -0.39 is 12.9 Å². The second-order valence-electron chi connectivity index (χ2n) is 4.96. The van der Waals surface area contributed by atoms with E-state index in [0.717, 1.165) is 17.3 Å². The van der Waals surface area contributed by atoms with Gasteiger partial charge in [-0.3, -0.25) is 0 Å². The summed E-state index contributed by atoms with van der Waals surface area (Å²) in [6, 6.07) is 12.1. The molecule has 0 spiro atoms. The summed E-state index contributed by atoms with van der Waals surface area (Å²) in [5.74, 6) is -0.469. The molecule has 0 saturated carbocycles. The monoisotopic (exact) mass is 273 g/mol. The van der Waals surface area contributed by atoms with Gasteiger partial charge in [0.05, 0.1) is 0 Å². The van der Waals surface area contributed by atoms with Crippen LogP contribution < -0.4 is 10.4 Å². The summed E-state index contributed by atoms with van der Waals surface area (Å²) in [4.78, 5) is 1.98. The van der Waals surface area contributed by atoms with Crippen LogP contribution in [-0.4, -0.2) is 24.2 Å². The van der Waals surface area contributed by atoms with Crippen molar-refractivity contribution in [3.63, 3.8) is 0 Å². The van der Waals surface area contributed by atoms with E-state index in [9.17, 15) is 4.39 Å². The number of halogens is 1. The van der Waals surface area contributed by atoms with Gasteiger partial charge in [-0.1, -0.05) is 18.2 Å². The molecule has 0 amide bonds. The average Bonchev–Trinajstić information content (AvgIpc) is 2.37. The van der Waals surface area contributed by atoms with Gasteiger partial charge in [-0.15, -0.1) is 0 Å². The molecule has 0 aliphatic carbocycles. The van der Waals surface area contributed by atoms with Crippen molar-refractivity contribution < 1.29 is 14.4 Å². The zero-order valence-corrected chi connectivity index (χ0v) is 11.5. The summed E-state index contributed by atoms with van der Waals surface area (Å²) >= 11 is 0. The van der Waals surface area contributed by atoms with Crippen molar-refractivity contribution in [2.75, 3.05) is 11.9 Å². The molecule has 2 rings (SSSR count). The van der Waals surface area contributed by atoms with E-state index in [2.05, 4.69) is 0 Å². The van der Waals surface area contributed by atoms with Gasteiger partial charge < -0.3 is 14.9 Å². The van der Waals surface area contributed by atoms with Crippen LogP contribution in [0.25, 0.3) is 0 Å². The minimum atomic E-state index is -1.66. The minimum absolute atomic E-state index is 0.164. The predicted molar refractivity (Wildman–Crippen MR) is 79.5 cm³/mol. The molecule has 0 aliphatic heterocycles. The summed E-state index contributed by atoms with van der Waals surface area (Å²) < 4.78 is 13.5. The Labute approximate surface area is 118 Å². The molecule has 0 atom stereocenters. The van der Waals surface area contributed by atoms with Crippen LogP contribution in [0.5, 0.6) is 0 Å². The van der Waals surface area contributed by atoms with E-state index in [0.29, 0.717) is 12.1 Å². The lowest BCUT2D eigenvalue weighted by atomic mass is 9.79. The Hall–Kier alpha value is -1.85.